The van der Waals surface area contributed by atoms with Crippen LogP contribution in [0.2, 0.25) is 5.02 Å². The number of benzene rings is 1. The van der Waals surface area contributed by atoms with Crippen molar-refractivity contribution in [3.63, 3.8) is 0 Å². The van der Waals surface area contributed by atoms with Gasteiger partial charge in [-0.3, -0.25) is 4.79 Å². The van der Waals surface area contributed by atoms with Crippen LogP contribution in [-0.4, -0.2) is 22.8 Å². The van der Waals surface area contributed by atoms with Crippen LogP contribution >= 0.6 is 22.9 Å². The first kappa shape index (κ1) is 15.6. The van der Waals surface area contributed by atoms with Crippen LogP contribution < -0.4 is 10.1 Å². The summed E-state index contributed by atoms with van der Waals surface area (Å²) in [5, 5.41) is 9.50. The lowest BCUT2D eigenvalue weighted by Crippen LogP contribution is -2.16. The first-order valence-electron chi connectivity index (χ1n) is 6.86. The zero-order chi connectivity index (χ0) is 16.2. The van der Waals surface area contributed by atoms with Crippen molar-refractivity contribution < 1.29 is 9.53 Å². The maximum Gasteiger partial charge on any atom is 0.256 e. The Morgan fingerprint density at radius 1 is 1.39 bits per heavy atom. The Morgan fingerprint density at radius 3 is 2.96 bits per heavy atom. The molecule has 1 amide bonds. The summed E-state index contributed by atoms with van der Waals surface area (Å²) < 4.78 is 6.83. The highest BCUT2D eigenvalue weighted by molar-refractivity contribution is 7.09. The minimum absolute atomic E-state index is 0.248. The van der Waals surface area contributed by atoms with E-state index in [2.05, 4.69) is 10.4 Å². The van der Waals surface area contributed by atoms with Crippen molar-refractivity contribution in [3.8, 4) is 5.75 Å². The minimum Gasteiger partial charge on any atom is -0.495 e. The lowest BCUT2D eigenvalue weighted by Gasteiger charge is -2.09. The third kappa shape index (κ3) is 3.55. The van der Waals surface area contributed by atoms with E-state index in [1.54, 1.807) is 46.5 Å². The van der Waals surface area contributed by atoms with Crippen molar-refractivity contribution in [1.29, 1.82) is 0 Å². The zero-order valence-corrected chi connectivity index (χ0v) is 13.9. The van der Waals surface area contributed by atoms with E-state index in [4.69, 9.17) is 16.3 Å². The normalized spacial score (nSPS) is 10.5. The van der Waals surface area contributed by atoms with Crippen LogP contribution in [0, 0.1) is 0 Å². The monoisotopic (exact) mass is 347 g/mol. The highest BCUT2D eigenvalue weighted by Crippen LogP contribution is 2.25. The standard InChI is InChI=1S/C16H14ClN3O2S/c1-22-14-5-4-11(9-13(14)17)16(21)19-15-6-7-18-20(15)10-12-3-2-8-23-12/h2-9H,10H2,1H3,(H,19,21). The molecule has 0 radical (unpaired) electrons. The van der Waals surface area contributed by atoms with E-state index < -0.39 is 0 Å². The van der Waals surface area contributed by atoms with E-state index in [1.807, 2.05) is 17.5 Å². The number of hydrogen-bond donors (Lipinski definition) is 1. The van der Waals surface area contributed by atoms with Crippen molar-refractivity contribution in [2.45, 2.75) is 6.54 Å². The number of anilines is 1. The SMILES string of the molecule is COc1ccc(C(=O)Nc2ccnn2Cc2cccs2)cc1Cl. The van der Waals surface area contributed by atoms with Gasteiger partial charge in [-0.25, -0.2) is 4.68 Å². The number of nitrogens with one attached hydrogen (secondary N) is 1. The van der Waals surface area contributed by atoms with Gasteiger partial charge in [0.1, 0.15) is 11.6 Å². The molecule has 0 unspecified atom stereocenters. The molecule has 3 rings (SSSR count). The average molecular weight is 348 g/mol. The van der Waals surface area contributed by atoms with Gasteiger partial charge in [0.25, 0.3) is 5.91 Å². The maximum absolute atomic E-state index is 12.4. The zero-order valence-electron chi connectivity index (χ0n) is 12.3. The summed E-state index contributed by atoms with van der Waals surface area (Å²) in [5.41, 5.74) is 0.458. The third-order valence-corrected chi connectivity index (χ3v) is 4.41. The molecule has 0 bridgehead atoms. The molecule has 118 valence electrons. The molecule has 0 aliphatic carbocycles. The van der Waals surface area contributed by atoms with E-state index >= 15 is 0 Å². The highest BCUT2D eigenvalue weighted by Gasteiger charge is 2.12. The van der Waals surface area contributed by atoms with E-state index in [-0.39, 0.29) is 5.91 Å². The maximum atomic E-state index is 12.4. The number of methoxy groups -OCH3 is 1. The molecule has 0 spiro atoms. The molecule has 0 saturated heterocycles. The smallest absolute Gasteiger partial charge is 0.256 e. The van der Waals surface area contributed by atoms with Crippen LogP contribution in [-0.2, 0) is 6.54 Å². The Hall–Kier alpha value is -2.31. The molecule has 0 atom stereocenters. The molecular formula is C16H14ClN3O2S. The summed E-state index contributed by atoms with van der Waals surface area (Å²) in [6.07, 6.45) is 1.66. The Bertz CT molecular complexity index is 815. The van der Waals surface area contributed by atoms with Gasteiger partial charge in [-0.1, -0.05) is 17.7 Å². The molecule has 0 aliphatic heterocycles. The van der Waals surface area contributed by atoms with Crippen LogP contribution in [0.4, 0.5) is 5.82 Å². The summed E-state index contributed by atoms with van der Waals surface area (Å²) in [6, 6.07) is 10.7. The molecule has 0 aliphatic rings. The van der Waals surface area contributed by atoms with Crippen LogP contribution in [0.5, 0.6) is 5.75 Å². The molecule has 7 heteroatoms. The fraction of sp³-hybridized carbons (Fsp3) is 0.125. The number of nitrogens with zero attached hydrogens (tertiary/aromatic N) is 2. The quantitative estimate of drug-likeness (QED) is 0.761. The van der Waals surface area contributed by atoms with Crippen molar-refractivity contribution in [1.82, 2.24) is 9.78 Å². The van der Waals surface area contributed by atoms with E-state index in [1.165, 1.54) is 7.11 Å². The average Bonchev–Trinajstić information content (AvgIpc) is 3.20. The molecule has 2 aromatic heterocycles. The predicted molar refractivity (Wildman–Crippen MR) is 91.6 cm³/mol. The number of amides is 1. The van der Waals surface area contributed by atoms with Gasteiger partial charge in [0, 0.05) is 16.5 Å². The molecule has 5 nitrogen and oxygen atoms in total. The Balaban J connectivity index is 1.76. The number of carbonyl (C=O) groups is 1. The molecule has 1 N–H and O–H groups in total. The van der Waals surface area contributed by atoms with Gasteiger partial charge in [0.15, 0.2) is 0 Å². The number of thiophene rings is 1. The molecule has 2 heterocycles. The van der Waals surface area contributed by atoms with Gasteiger partial charge in [0.05, 0.1) is 24.9 Å². The van der Waals surface area contributed by atoms with Gasteiger partial charge in [-0.05, 0) is 29.6 Å². The summed E-state index contributed by atoms with van der Waals surface area (Å²) in [5.74, 6) is 0.920. The summed E-state index contributed by atoms with van der Waals surface area (Å²) in [4.78, 5) is 13.5. The van der Waals surface area contributed by atoms with Gasteiger partial charge < -0.3 is 10.1 Å². The summed E-state index contributed by atoms with van der Waals surface area (Å²) in [7, 11) is 1.53. The molecular weight excluding hydrogens is 334 g/mol. The van der Waals surface area contributed by atoms with Crippen molar-refractivity contribution >= 4 is 34.7 Å². The second kappa shape index (κ2) is 6.85. The summed E-state index contributed by atoms with van der Waals surface area (Å²) >= 11 is 7.71. The van der Waals surface area contributed by atoms with Gasteiger partial charge in [0.2, 0.25) is 0 Å². The van der Waals surface area contributed by atoms with Crippen LogP contribution in [0.25, 0.3) is 0 Å². The Kier molecular flexibility index (Phi) is 4.64. The Labute approximate surface area is 142 Å². The number of halogens is 1. The largest absolute Gasteiger partial charge is 0.495 e. The van der Waals surface area contributed by atoms with E-state index in [0.29, 0.717) is 28.7 Å². The van der Waals surface area contributed by atoms with Crippen molar-refractivity contribution in [2.24, 2.45) is 0 Å². The van der Waals surface area contributed by atoms with Crippen LogP contribution in [0.15, 0.2) is 48.0 Å². The number of hydrogen-bond acceptors (Lipinski definition) is 4. The molecule has 3 aromatic rings. The second-order valence-electron chi connectivity index (χ2n) is 4.76. The van der Waals surface area contributed by atoms with Gasteiger partial charge >= 0.3 is 0 Å². The second-order valence-corrected chi connectivity index (χ2v) is 6.20. The molecule has 0 fully saturated rings. The van der Waals surface area contributed by atoms with Crippen molar-refractivity contribution in [2.75, 3.05) is 12.4 Å². The van der Waals surface area contributed by atoms with E-state index in [0.717, 1.165) is 4.88 Å². The lowest BCUT2D eigenvalue weighted by atomic mass is 10.2. The molecule has 1 aromatic carbocycles. The van der Waals surface area contributed by atoms with Gasteiger partial charge in [-0.2, -0.15) is 5.10 Å². The lowest BCUT2D eigenvalue weighted by molar-refractivity contribution is 0.102. The predicted octanol–water partition coefficient (Wildman–Crippen LogP) is 3.91. The number of aromatic nitrogens is 2. The topological polar surface area (TPSA) is 56.1 Å². The molecule has 0 saturated carbocycles. The highest BCUT2D eigenvalue weighted by atomic mass is 35.5. The summed E-state index contributed by atoms with van der Waals surface area (Å²) in [6.45, 7) is 0.615. The fourth-order valence-corrected chi connectivity index (χ4v) is 3.05. The number of rotatable bonds is 5. The van der Waals surface area contributed by atoms with E-state index in [9.17, 15) is 4.79 Å². The number of ether oxygens (including phenoxy) is 1. The first-order chi connectivity index (χ1) is 11.2. The minimum atomic E-state index is -0.248. The first-order valence-corrected chi connectivity index (χ1v) is 8.12. The number of carbonyl (C=O) groups excluding carboxylic acids is 1. The third-order valence-electron chi connectivity index (χ3n) is 3.26. The Morgan fingerprint density at radius 2 is 2.26 bits per heavy atom. The van der Waals surface area contributed by atoms with Crippen LogP contribution in [0.1, 0.15) is 15.2 Å². The molecule has 23 heavy (non-hydrogen) atoms. The fourth-order valence-electron chi connectivity index (χ4n) is 2.11. The van der Waals surface area contributed by atoms with Crippen molar-refractivity contribution in [3.05, 3.63) is 63.4 Å². The van der Waals surface area contributed by atoms with Crippen LogP contribution in [0.3, 0.4) is 0 Å². The van der Waals surface area contributed by atoms with Gasteiger partial charge in [-0.15, -0.1) is 11.3 Å².